The highest BCUT2D eigenvalue weighted by Crippen LogP contribution is 2.34. The van der Waals surface area contributed by atoms with Crippen LogP contribution in [-0.2, 0) is 0 Å². The van der Waals surface area contributed by atoms with Crippen LogP contribution < -0.4 is 10.1 Å². The Labute approximate surface area is 88.5 Å². The summed E-state index contributed by atoms with van der Waals surface area (Å²) in [5, 5.41) is 21.2. The van der Waals surface area contributed by atoms with Gasteiger partial charge in [0.2, 0.25) is 0 Å². The molecule has 1 heterocycles. The minimum absolute atomic E-state index is 0.173. The first kappa shape index (κ1) is 10.3. The van der Waals surface area contributed by atoms with E-state index in [0.717, 1.165) is 24.3 Å². The summed E-state index contributed by atoms with van der Waals surface area (Å²) in [5.74, 6) is 0.973. The van der Waals surface area contributed by atoms with Crippen molar-refractivity contribution < 1.29 is 14.9 Å². The van der Waals surface area contributed by atoms with Gasteiger partial charge in [-0.2, -0.15) is 0 Å². The Morgan fingerprint density at radius 1 is 1.47 bits per heavy atom. The van der Waals surface area contributed by atoms with Crippen LogP contribution in [0.4, 0.5) is 0 Å². The SMILES string of the molecule is OCCCNC1COc2cc(O)ccc21. The molecule has 0 aromatic heterocycles. The fourth-order valence-corrected chi connectivity index (χ4v) is 1.72. The Kier molecular flexibility index (Phi) is 3.08. The molecular formula is C11H15NO3. The van der Waals surface area contributed by atoms with Crippen molar-refractivity contribution in [2.45, 2.75) is 12.5 Å². The molecule has 4 nitrogen and oxygen atoms in total. The van der Waals surface area contributed by atoms with Crippen LogP contribution in [0.5, 0.6) is 11.5 Å². The third-order valence-electron chi connectivity index (χ3n) is 2.50. The largest absolute Gasteiger partial charge is 0.508 e. The summed E-state index contributed by atoms with van der Waals surface area (Å²) in [4.78, 5) is 0. The van der Waals surface area contributed by atoms with Crippen molar-refractivity contribution in [3.8, 4) is 11.5 Å². The number of aromatic hydroxyl groups is 1. The van der Waals surface area contributed by atoms with Crippen molar-refractivity contribution in [3.05, 3.63) is 23.8 Å². The number of aliphatic hydroxyl groups excluding tert-OH is 1. The number of benzene rings is 1. The van der Waals surface area contributed by atoms with Crippen LogP contribution >= 0.6 is 0 Å². The van der Waals surface area contributed by atoms with Gasteiger partial charge in [0.25, 0.3) is 0 Å². The van der Waals surface area contributed by atoms with Gasteiger partial charge in [0, 0.05) is 18.2 Å². The molecule has 0 radical (unpaired) electrons. The molecule has 15 heavy (non-hydrogen) atoms. The van der Waals surface area contributed by atoms with E-state index in [1.54, 1.807) is 12.1 Å². The Morgan fingerprint density at radius 3 is 3.13 bits per heavy atom. The van der Waals surface area contributed by atoms with E-state index in [0.29, 0.717) is 6.61 Å². The van der Waals surface area contributed by atoms with Crippen molar-refractivity contribution in [1.29, 1.82) is 0 Å². The Balaban J connectivity index is 2.02. The van der Waals surface area contributed by atoms with Crippen molar-refractivity contribution in [2.24, 2.45) is 0 Å². The molecule has 1 atom stereocenters. The van der Waals surface area contributed by atoms with Gasteiger partial charge < -0.3 is 20.3 Å². The Bertz CT molecular complexity index is 341. The lowest BCUT2D eigenvalue weighted by Crippen LogP contribution is -2.24. The summed E-state index contributed by atoms with van der Waals surface area (Å²) < 4.78 is 5.44. The lowest BCUT2D eigenvalue weighted by Gasteiger charge is -2.10. The van der Waals surface area contributed by atoms with Crippen LogP contribution in [0.2, 0.25) is 0 Å². The average Bonchev–Trinajstić information content (AvgIpc) is 2.61. The highest BCUT2D eigenvalue weighted by Gasteiger charge is 2.23. The molecule has 1 aromatic carbocycles. The van der Waals surface area contributed by atoms with Crippen molar-refractivity contribution >= 4 is 0 Å². The minimum Gasteiger partial charge on any atom is -0.508 e. The van der Waals surface area contributed by atoms with Crippen LogP contribution in [0.15, 0.2) is 18.2 Å². The van der Waals surface area contributed by atoms with Gasteiger partial charge in [-0.3, -0.25) is 0 Å². The Hall–Kier alpha value is -1.26. The summed E-state index contributed by atoms with van der Waals surface area (Å²) in [5.41, 5.74) is 1.07. The van der Waals surface area contributed by atoms with E-state index >= 15 is 0 Å². The third-order valence-corrected chi connectivity index (χ3v) is 2.50. The van der Waals surface area contributed by atoms with Gasteiger partial charge in [-0.05, 0) is 25.1 Å². The molecule has 1 aliphatic heterocycles. The molecule has 3 N–H and O–H groups in total. The number of hydrogen-bond donors (Lipinski definition) is 3. The van der Waals surface area contributed by atoms with Gasteiger partial charge in [-0.25, -0.2) is 0 Å². The molecular weight excluding hydrogens is 194 g/mol. The maximum Gasteiger partial charge on any atom is 0.127 e. The zero-order valence-electron chi connectivity index (χ0n) is 8.44. The number of fused-ring (bicyclic) bond motifs is 1. The Morgan fingerprint density at radius 2 is 2.33 bits per heavy atom. The zero-order valence-corrected chi connectivity index (χ0v) is 8.44. The van der Waals surface area contributed by atoms with E-state index in [4.69, 9.17) is 9.84 Å². The zero-order chi connectivity index (χ0) is 10.7. The van der Waals surface area contributed by atoms with Crippen LogP contribution in [0.3, 0.4) is 0 Å². The standard InChI is InChI=1S/C11H15NO3/c13-5-1-4-12-10-7-15-11-6-8(14)2-3-9(10)11/h2-3,6,10,12-14H,1,4-5,7H2. The molecule has 4 heteroatoms. The molecule has 1 aromatic rings. The summed E-state index contributed by atoms with van der Waals surface area (Å²) in [7, 11) is 0. The second-order valence-electron chi connectivity index (χ2n) is 3.62. The first-order valence-electron chi connectivity index (χ1n) is 5.11. The fraction of sp³-hybridized carbons (Fsp3) is 0.455. The molecule has 0 fully saturated rings. The van der Waals surface area contributed by atoms with E-state index in [9.17, 15) is 5.11 Å². The molecule has 1 unspecified atom stereocenters. The first-order valence-corrected chi connectivity index (χ1v) is 5.11. The van der Waals surface area contributed by atoms with Gasteiger partial charge in [-0.15, -0.1) is 0 Å². The monoisotopic (exact) mass is 209 g/mol. The smallest absolute Gasteiger partial charge is 0.127 e. The third kappa shape index (κ3) is 2.22. The molecule has 0 saturated carbocycles. The van der Waals surface area contributed by atoms with Crippen molar-refractivity contribution in [1.82, 2.24) is 5.32 Å². The topological polar surface area (TPSA) is 61.7 Å². The van der Waals surface area contributed by atoms with E-state index in [1.807, 2.05) is 6.07 Å². The number of nitrogens with one attached hydrogen (secondary N) is 1. The number of ether oxygens (including phenoxy) is 1. The second kappa shape index (κ2) is 4.51. The van der Waals surface area contributed by atoms with Crippen LogP contribution in [-0.4, -0.2) is 30.0 Å². The lowest BCUT2D eigenvalue weighted by atomic mass is 10.1. The maximum atomic E-state index is 9.26. The summed E-state index contributed by atoms with van der Waals surface area (Å²) in [6.45, 7) is 1.55. The number of phenols is 1. The average molecular weight is 209 g/mol. The van der Waals surface area contributed by atoms with Gasteiger partial charge >= 0.3 is 0 Å². The summed E-state index contributed by atoms with van der Waals surface area (Å²) >= 11 is 0. The molecule has 82 valence electrons. The number of hydrogen-bond acceptors (Lipinski definition) is 4. The van der Waals surface area contributed by atoms with Crippen LogP contribution in [0, 0.1) is 0 Å². The highest BCUT2D eigenvalue weighted by atomic mass is 16.5. The second-order valence-corrected chi connectivity index (χ2v) is 3.62. The van der Waals surface area contributed by atoms with E-state index in [-0.39, 0.29) is 18.4 Å². The van der Waals surface area contributed by atoms with E-state index in [1.165, 1.54) is 0 Å². The molecule has 0 saturated heterocycles. The van der Waals surface area contributed by atoms with Gasteiger partial charge in [0.1, 0.15) is 18.1 Å². The fourth-order valence-electron chi connectivity index (χ4n) is 1.72. The number of phenolic OH excluding ortho intramolecular Hbond substituents is 1. The van der Waals surface area contributed by atoms with Gasteiger partial charge in [-0.1, -0.05) is 0 Å². The van der Waals surface area contributed by atoms with Crippen molar-refractivity contribution in [3.63, 3.8) is 0 Å². The maximum absolute atomic E-state index is 9.26. The highest BCUT2D eigenvalue weighted by molar-refractivity contribution is 5.44. The summed E-state index contributed by atoms with van der Waals surface area (Å²) in [6, 6.07) is 5.33. The number of rotatable bonds is 4. The first-order chi connectivity index (χ1) is 7.31. The predicted molar refractivity (Wildman–Crippen MR) is 56.0 cm³/mol. The minimum atomic E-state index is 0.173. The molecule has 0 aliphatic carbocycles. The normalized spacial score (nSPS) is 18.6. The van der Waals surface area contributed by atoms with E-state index < -0.39 is 0 Å². The number of aliphatic hydroxyl groups is 1. The molecule has 0 amide bonds. The predicted octanol–water partition coefficient (Wildman–Crippen LogP) is 0.798. The molecule has 0 spiro atoms. The quantitative estimate of drug-likeness (QED) is 0.642. The van der Waals surface area contributed by atoms with Crippen molar-refractivity contribution in [2.75, 3.05) is 19.8 Å². The van der Waals surface area contributed by atoms with Gasteiger partial charge in [0.15, 0.2) is 0 Å². The molecule has 2 rings (SSSR count). The van der Waals surface area contributed by atoms with E-state index in [2.05, 4.69) is 5.32 Å². The lowest BCUT2D eigenvalue weighted by molar-refractivity contribution is 0.273. The van der Waals surface area contributed by atoms with Gasteiger partial charge in [0.05, 0.1) is 6.04 Å². The van der Waals surface area contributed by atoms with Crippen LogP contribution in [0.25, 0.3) is 0 Å². The molecule has 1 aliphatic rings. The van der Waals surface area contributed by atoms with Crippen LogP contribution in [0.1, 0.15) is 18.0 Å². The molecule has 0 bridgehead atoms. The summed E-state index contributed by atoms with van der Waals surface area (Å²) in [6.07, 6.45) is 0.740.